The molecule has 0 radical (unpaired) electrons. The van der Waals surface area contributed by atoms with Crippen LogP contribution in [-0.4, -0.2) is 42.4 Å². The van der Waals surface area contributed by atoms with E-state index in [0.717, 1.165) is 19.5 Å². The van der Waals surface area contributed by atoms with Crippen LogP contribution in [0.15, 0.2) is 29.2 Å². The van der Waals surface area contributed by atoms with Crippen LogP contribution in [-0.2, 0) is 16.0 Å². The van der Waals surface area contributed by atoms with Crippen molar-refractivity contribution in [2.75, 3.05) is 26.3 Å². The number of ether oxygens (including phenoxy) is 1. The largest absolute Gasteiger partial charge is 0.379 e. The van der Waals surface area contributed by atoms with Crippen molar-refractivity contribution in [3.63, 3.8) is 0 Å². The molecule has 18 heavy (non-hydrogen) atoms. The molecule has 0 bridgehead atoms. The zero-order valence-electron chi connectivity index (χ0n) is 10.3. The Balaban J connectivity index is 1.63. The molecule has 1 amide bonds. The summed E-state index contributed by atoms with van der Waals surface area (Å²) in [5.41, 5.74) is 1.42. The molecule has 0 aliphatic carbocycles. The number of carbonyl (C=O) groups is 1. The maximum absolute atomic E-state index is 11.9. The number of hydrogen-bond donors (Lipinski definition) is 0. The summed E-state index contributed by atoms with van der Waals surface area (Å²) < 4.78 is 5.35. The van der Waals surface area contributed by atoms with Crippen LogP contribution in [0.4, 0.5) is 0 Å². The van der Waals surface area contributed by atoms with E-state index in [1.54, 1.807) is 0 Å². The van der Waals surface area contributed by atoms with Crippen molar-refractivity contribution in [3.05, 3.63) is 29.8 Å². The van der Waals surface area contributed by atoms with E-state index in [4.69, 9.17) is 4.74 Å². The zero-order valence-corrected chi connectivity index (χ0v) is 11.1. The van der Waals surface area contributed by atoms with Crippen LogP contribution in [0.25, 0.3) is 0 Å². The van der Waals surface area contributed by atoms with Gasteiger partial charge in [-0.1, -0.05) is 18.2 Å². The Kier molecular flexibility index (Phi) is 3.57. The molecule has 1 atom stereocenters. The van der Waals surface area contributed by atoms with Gasteiger partial charge in [0.1, 0.15) is 0 Å². The second-order valence-corrected chi connectivity index (χ2v) is 6.10. The lowest BCUT2D eigenvalue weighted by Gasteiger charge is -2.23. The number of thioether (sulfide) groups is 1. The van der Waals surface area contributed by atoms with Crippen molar-refractivity contribution in [3.8, 4) is 0 Å². The summed E-state index contributed by atoms with van der Waals surface area (Å²) in [6.07, 6.45) is 1.61. The quantitative estimate of drug-likeness (QED) is 0.817. The van der Waals surface area contributed by atoms with Crippen molar-refractivity contribution in [2.45, 2.75) is 23.0 Å². The number of hydrogen-bond acceptors (Lipinski definition) is 3. The van der Waals surface area contributed by atoms with Gasteiger partial charge in [0.05, 0.1) is 19.6 Å². The fourth-order valence-corrected chi connectivity index (χ4v) is 3.85. The van der Waals surface area contributed by atoms with E-state index in [9.17, 15) is 4.79 Å². The molecule has 4 heteroatoms. The molecule has 96 valence electrons. The second kappa shape index (κ2) is 5.33. The topological polar surface area (TPSA) is 29.5 Å². The highest BCUT2D eigenvalue weighted by Crippen LogP contribution is 2.37. The lowest BCUT2D eigenvalue weighted by molar-refractivity contribution is -0.130. The predicted octanol–water partition coefficient (Wildman–Crippen LogP) is 1.95. The lowest BCUT2D eigenvalue weighted by atomic mass is 10.1. The Morgan fingerprint density at radius 1 is 1.33 bits per heavy atom. The molecule has 3 rings (SSSR count). The minimum atomic E-state index is 0.240. The molecule has 2 heterocycles. The molecule has 0 saturated carbocycles. The van der Waals surface area contributed by atoms with Crippen molar-refractivity contribution in [1.29, 1.82) is 0 Å². The summed E-state index contributed by atoms with van der Waals surface area (Å²) in [5.74, 6) is 0.240. The molecule has 3 nitrogen and oxygen atoms in total. The fraction of sp³-hybridized carbons (Fsp3) is 0.500. The molecule has 1 saturated heterocycles. The molecule has 1 fully saturated rings. The molecule has 2 aliphatic rings. The maximum atomic E-state index is 11.9. The van der Waals surface area contributed by atoms with Crippen LogP contribution in [0.5, 0.6) is 0 Å². The summed E-state index contributed by atoms with van der Waals surface area (Å²) in [5, 5.41) is 0.504. The Morgan fingerprint density at radius 3 is 3.11 bits per heavy atom. The number of benzene rings is 1. The van der Waals surface area contributed by atoms with Crippen LogP contribution in [0.1, 0.15) is 12.0 Å². The highest BCUT2D eigenvalue weighted by atomic mass is 32.2. The molecule has 1 aromatic rings. The highest BCUT2D eigenvalue weighted by molar-refractivity contribution is 8.00. The molecular weight excluding hydrogens is 246 g/mol. The number of nitrogens with zero attached hydrogens (tertiary/aromatic N) is 1. The first-order valence-electron chi connectivity index (χ1n) is 6.43. The van der Waals surface area contributed by atoms with Crippen molar-refractivity contribution < 1.29 is 9.53 Å². The van der Waals surface area contributed by atoms with E-state index in [1.807, 2.05) is 16.7 Å². The van der Waals surface area contributed by atoms with Gasteiger partial charge in [0, 0.05) is 23.2 Å². The molecule has 2 aliphatic heterocycles. The third-order valence-corrected chi connectivity index (χ3v) is 4.76. The predicted molar refractivity (Wildman–Crippen MR) is 71.8 cm³/mol. The van der Waals surface area contributed by atoms with Crippen molar-refractivity contribution in [2.24, 2.45) is 0 Å². The van der Waals surface area contributed by atoms with E-state index >= 15 is 0 Å². The maximum Gasteiger partial charge on any atom is 0.225 e. The number of rotatable bonds is 2. The molecule has 1 unspecified atom stereocenters. The van der Waals surface area contributed by atoms with Gasteiger partial charge in [0.25, 0.3) is 0 Å². The van der Waals surface area contributed by atoms with E-state index in [-0.39, 0.29) is 5.91 Å². The summed E-state index contributed by atoms with van der Waals surface area (Å²) >= 11 is 1.90. The summed E-state index contributed by atoms with van der Waals surface area (Å²) in [4.78, 5) is 15.3. The summed E-state index contributed by atoms with van der Waals surface area (Å²) in [7, 11) is 0. The van der Waals surface area contributed by atoms with Gasteiger partial charge in [0.15, 0.2) is 0 Å². The van der Waals surface area contributed by atoms with Gasteiger partial charge in [-0.25, -0.2) is 0 Å². The molecule has 0 aromatic heterocycles. The first kappa shape index (κ1) is 12.1. The lowest BCUT2D eigenvalue weighted by Crippen LogP contribution is -2.37. The Labute approximate surface area is 111 Å². The molecular formula is C14H17NO2S. The second-order valence-electron chi connectivity index (χ2n) is 4.75. The van der Waals surface area contributed by atoms with Crippen LogP contribution in [0, 0.1) is 0 Å². The highest BCUT2D eigenvalue weighted by Gasteiger charge is 2.26. The van der Waals surface area contributed by atoms with Crippen LogP contribution in [0.3, 0.4) is 0 Å². The van der Waals surface area contributed by atoms with Crippen LogP contribution >= 0.6 is 11.8 Å². The minimum absolute atomic E-state index is 0.240. The van der Waals surface area contributed by atoms with Crippen molar-refractivity contribution in [1.82, 2.24) is 4.90 Å². The third kappa shape index (κ3) is 2.54. The number of carbonyl (C=O) groups excluding carboxylic acids is 1. The van der Waals surface area contributed by atoms with Gasteiger partial charge in [-0.15, -0.1) is 11.8 Å². The third-order valence-electron chi connectivity index (χ3n) is 3.46. The Morgan fingerprint density at radius 2 is 2.22 bits per heavy atom. The van der Waals surface area contributed by atoms with E-state index in [2.05, 4.69) is 24.3 Å². The average Bonchev–Trinajstić information content (AvgIpc) is 2.68. The van der Waals surface area contributed by atoms with Gasteiger partial charge >= 0.3 is 0 Å². The van der Waals surface area contributed by atoms with Crippen LogP contribution in [0.2, 0.25) is 0 Å². The Bertz CT molecular complexity index is 424. The minimum Gasteiger partial charge on any atom is -0.379 e. The molecule has 1 aromatic carbocycles. The van der Waals surface area contributed by atoms with Gasteiger partial charge < -0.3 is 9.64 Å². The fourth-order valence-electron chi connectivity index (χ4n) is 2.51. The van der Waals surface area contributed by atoms with Gasteiger partial charge in [-0.2, -0.15) is 0 Å². The monoisotopic (exact) mass is 263 g/mol. The Hall–Kier alpha value is -1.00. The van der Waals surface area contributed by atoms with E-state index in [0.29, 0.717) is 24.9 Å². The number of amides is 1. The molecule has 0 spiro atoms. The van der Waals surface area contributed by atoms with Gasteiger partial charge in [0.2, 0.25) is 5.91 Å². The van der Waals surface area contributed by atoms with Gasteiger partial charge in [-0.05, 0) is 18.1 Å². The average molecular weight is 263 g/mol. The van der Waals surface area contributed by atoms with Crippen molar-refractivity contribution >= 4 is 17.7 Å². The standard InChI is InChI=1S/C14H17NO2S/c16-14-5-7-17-8-6-15(14)10-12-9-11-3-1-2-4-13(11)18-12/h1-4,12H,5-10H2. The van der Waals surface area contributed by atoms with E-state index < -0.39 is 0 Å². The van der Waals surface area contributed by atoms with Crippen LogP contribution < -0.4 is 0 Å². The SMILES string of the molecule is O=C1CCOCCN1CC1Cc2ccccc2S1. The van der Waals surface area contributed by atoms with Gasteiger partial charge in [-0.3, -0.25) is 4.79 Å². The summed E-state index contributed by atoms with van der Waals surface area (Å²) in [6.45, 7) is 2.84. The molecule has 0 N–H and O–H groups in total. The normalized spacial score (nSPS) is 23.9. The van der Waals surface area contributed by atoms with E-state index in [1.165, 1.54) is 10.5 Å². The summed E-state index contributed by atoms with van der Waals surface area (Å²) in [6, 6.07) is 8.54. The first-order valence-corrected chi connectivity index (χ1v) is 7.31. The zero-order chi connectivity index (χ0) is 12.4. The number of fused-ring (bicyclic) bond motifs is 1. The first-order chi connectivity index (χ1) is 8.83. The smallest absolute Gasteiger partial charge is 0.225 e.